The summed E-state index contributed by atoms with van der Waals surface area (Å²) in [6.07, 6.45) is 1.62. The van der Waals surface area contributed by atoms with Gasteiger partial charge in [-0.1, -0.05) is 30.4 Å². The Hall–Kier alpha value is -1.82. The Morgan fingerprint density at radius 2 is 2.15 bits per heavy atom. The van der Waals surface area contributed by atoms with Crippen molar-refractivity contribution in [3.8, 4) is 0 Å². The van der Waals surface area contributed by atoms with Crippen LogP contribution in [0, 0.1) is 11.7 Å². The molecule has 104 valence electrons. The monoisotopic (exact) mass is 291 g/mol. The molecule has 1 N–H and O–H groups in total. The molecule has 1 aliphatic carbocycles. The zero-order chi connectivity index (χ0) is 14.1. The van der Waals surface area contributed by atoms with Crippen LogP contribution in [0.3, 0.4) is 0 Å². The van der Waals surface area contributed by atoms with Crippen LogP contribution in [-0.4, -0.2) is 16.1 Å². The minimum Gasteiger partial charge on any atom is -0.300 e. The number of halogens is 1. The second-order valence-corrected chi connectivity index (χ2v) is 5.91. The van der Waals surface area contributed by atoms with E-state index in [0.717, 1.165) is 23.4 Å². The molecule has 20 heavy (non-hydrogen) atoms. The molecule has 2 aromatic rings. The Balaban J connectivity index is 1.61. The van der Waals surface area contributed by atoms with E-state index in [0.29, 0.717) is 5.13 Å². The van der Waals surface area contributed by atoms with E-state index in [4.69, 9.17) is 0 Å². The number of carbonyl (C=O) groups is 1. The van der Waals surface area contributed by atoms with Gasteiger partial charge in [0.05, 0.1) is 0 Å². The molecule has 0 radical (unpaired) electrons. The molecule has 6 heteroatoms. The van der Waals surface area contributed by atoms with Gasteiger partial charge in [-0.25, -0.2) is 4.39 Å². The van der Waals surface area contributed by atoms with Crippen molar-refractivity contribution in [3.63, 3.8) is 0 Å². The van der Waals surface area contributed by atoms with Crippen molar-refractivity contribution in [2.75, 3.05) is 5.32 Å². The Labute approximate surface area is 120 Å². The van der Waals surface area contributed by atoms with Crippen LogP contribution in [-0.2, 0) is 11.2 Å². The first kappa shape index (κ1) is 13.2. The summed E-state index contributed by atoms with van der Waals surface area (Å²) < 4.78 is 12.9. The maximum atomic E-state index is 12.9. The second kappa shape index (κ2) is 5.28. The van der Waals surface area contributed by atoms with Gasteiger partial charge >= 0.3 is 0 Å². The Morgan fingerprint density at radius 1 is 1.40 bits per heavy atom. The molecule has 0 spiro atoms. The van der Waals surface area contributed by atoms with Gasteiger partial charge < -0.3 is 5.32 Å². The summed E-state index contributed by atoms with van der Waals surface area (Å²) in [5, 5.41) is 12.2. The average Bonchev–Trinajstić information content (AvgIpc) is 3.13. The van der Waals surface area contributed by atoms with E-state index < -0.39 is 0 Å². The van der Waals surface area contributed by atoms with Crippen LogP contribution < -0.4 is 5.32 Å². The SMILES string of the molecule is CCc1nnc(NC(=O)[C@H]2C[C@H]2c2ccc(F)cc2)s1. The minimum absolute atomic E-state index is 0.0295. The van der Waals surface area contributed by atoms with E-state index in [1.54, 1.807) is 12.1 Å². The first-order valence-electron chi connectivity index (χ1n) is 6.56. The number of amides is 1. The standard InChI is InChI=1S/C14H14FN3OS/c1-2-12-17-18-14(20-12)16-13(19)11-7-10(11)8-3-5-9(15)6-4-8/h3-6,10-11H,2,7H2,1H3,(H,16,18,19)/t10-,11-/m0/s1. The van der Waals surface area contributed by atoms with Gasteiger partial charge in [-0.15, -0.1) is 10.2 Å². The molecule has 0 aliphatic heterocycles. The molecule has 0 saturated heterocycles. The van der Waals surface area contributed by atoms with E-state index in [2.05, 4.69) is 15.5 Å². The van der Waals surface area contributed by atoms with E-state index >= 15 is 0 Å². The highest BCUT2D eigenvalue weighted by Gasteiger charge is 2.44. The van der Waals surface area contributed by atoms with Gasteiger partial charge in [-0.05, 0) is 36.5 Å². The van der Waals surface area contributed by atoms with Crippen molar-refractivity contribution in [2.45, 2.75) is 25.7 Å². The van der Waals surface area contributed by atoms with E-state index in [-0.39, 0.29) is 23.6 Å². The normalized spacial score (nSPS) is 20.7. The molecule has 0 bridgehead atoms. The minimum atomic E-state index is -0.253. The largest absolute Gasteiger partial charge is 0.300 e. The number of hydrogen-bond donors (Lipinski definition) is 1. The van der Waals surface area contributed by atoms with Crippen molar-refractivity contribution >= 4 is 22.4 Å². The number of benzene rings is 1. The van der Waals surface area contributed by atoms with Crippen LogP contribution in [0.4, 0.5) is 9.52 Å². The van der Waals surface area contributed by atoms with E-state index in [1.807, 2.05) is 6.92 Å². The van der Waals surface area contributed by atoms with Gasteiger partial charge in [-0.3, -0.25) is 4.79 Å². The van der Waals surface area contributed by atoms with Crippen LogP contribution in [0.2, 0.25) is 0 Å². The van der Waals surface area contributed by atoms with Crippen LogP contribution in [0.5, 0.6) is 0 Å². The zero-order valence-electron chi connectivity index (χ0n) is 11.0. The van der Waals surface area contributed by atoms with Crippen molar-refractivity contribution < 1.29 is 9.18 Å². The number of rotatable bonds is 4. The molecule has 4 nitrogen and oxygen atoms in total. The van der Waals surface area contributed by atoms with Gasteiger partial charge in [-0.2, -0.15) is 0 Å². The van der Waals surface area contributed by atoms with Crippen molar-refractivity contribution in [3.05, 3.63) is 40.7 Å². The lowest BCUT2D eigenvalue weighted by Crippen LogP contribution is -2.14. The lowest BCUT2D eigenvalue weighted by Gasteiger charge is -2.01. The van der Waals surface area contributed by atoms with Crippen molar-refractivity contribution in [1.29, 1.82) is 0 Å². The fourth-order valence-electron chi connectivity index (χ4n) is 2.21. The summed E-state index contributed by atoms with van der Waals surface area (Å²) in [7, 11) is 0. The molecule has 1 fully saturated rings. The predicted octanol–water partition coefficient (Wildman–Crippen LogP) is 2.98. The molecule has 0 unspecified atom stereocenters. The molecule has 1 aromatic carbocycles. The van der Waals surface area contributed by atoms with Gasteiger partial charge in [0.2, 0.25) is 11.0 Å². The third-order valence-electron chi connectivity index (χ3n) is 3.42. The molecular weight excluding hydrogens is 277 g/mol. The summed E-state index contributed by atoms with van der Waals surface area (Å²) >= 11 is 1.40. The quantitative estimate of drug-likeness (QED) is 0.942. The average molecular weight is 291 g/mol. The number of nitrogens with zero attached hydrogens (tertiary/aromatic N) is 2. The second-order valence-electron chi connectivity index (χ2n) is 4.84. The van der Waals surface area contributed by atoms with Crippen LogP contribution in [0.1, 0.15) is 29.8 Å². The number of aryl methyl sites for hydroxylation is 1. The maximum absolute atomic E-state index is 12.9. The fourth-order valence-corrected chi connectivity index (χ4v) is 2.89. The maximum Gasteiger partial charge on any atom is 0.229 e. The number of hydrogen-bond acceptors (Lipinski definition) is 4. The summed E-state index contributed by atoms with van der Waals surface area (Å²) in [6.45, 7) is 2.00. The molecule has 1 heterocycles. The van der Waals surface area contributed by atoms with Crippen LogP contribution >= 0.6 is 11.3 Å². The smallest absolute Gasteiger partial charge is 0.229 e. The fraction of sp³-hybridized carbons (Fsp3) is 0.357. The molecule has 1 aliphatic rings. The first-order valence-corrected chi connectivity index (χ1v) is 7.37. The van der Waals surface area contributed by atoms with E-state index in [1.165, 1.54) is 23.5 Å². The molecule has 1 aromatic heterocycles. The van der Waals surface area contributed by atoms with Crippen LogP contribution in [0.15, 0.2) is 24.3 Å². The third-order valence-corrected chi connectivity index (χ3v) is 4.41. The summed E-state index contributed by atoms with van der Waals surface area (Å²) in [4.78, 5) is 12.1. The first-order chi connectivity index (χ1) is 9.67. The van der Waals surface area contributed by atoms with Gasteiger partial charge in [0.15, 0.2) is 0 Å². The zero-order valence-corrected chi connectivity index (χ0v) is 11.8. The van der Waals surface area contributed by atoms with Crippen LogP contribution in [0.25, 0.3) is 0 Å². The highest BCUT2D eigenvalue weighted by Crippen LogP contribution is 2.48. The number of aromatic nitrogens is 2. The number of anilines is 1. The number of carbonyl (C=O) groups excluding carboxylic acids is 1. The van der Waals surface area contributed by atoms with Gasteiger partial charge in [0.1, 0.15) is 10.8 Å². The predicted molar refractivity (Wildman–Crippen MR) is 75.2 cm³/mol. The number of nitrogens with one attached hydrogen (secondary N) is 1. The lowest BCUT2D eigenvalue weighted by atomic mass is 10.1. The molecule has 1 saturated carbocycles. The van der Waals surface area contributed by atoms with Crippen molar-refractivity contribution in [2.24, 2.45) is 5.92 Å². The Kier molecular flexibility index (Phi) is 3.48. The summed E-state index contributed by atoms with van der Waals surface area (Å²) in [6, 6.07) is 6.35. The summed E-state index contributed by atoms with van der Waals surface area (Å²) in [5.74, 6) is -0.141. The highest BCUT2D eigenvalue weighted by molar-refractivity contribution is 7.15. The molecule has 1 amide bonds. The van der Waals surface area contributed by atoms with E-state index in [9.17, 15) is 9.18 Å². The summed E-state index contributed by atoms with van der Waals surface area (Å²) in [5.41, 5.74) is 1.01. The third kappa shape index (κ3) is 2.70. The van der Waals surface area contributed by atoms with Gasteiger partial charge in [0.25, 0.3) is 0 Å². The highest BCUT2D eigenvalue weighted by atomic mass is 32.1. The molecular formula is C14H14FN3OS. The Bertz CT molecular complexity index is 626. The molecule has 3 rings (SSSR count). The Morgan fingerprint density at radius 3 is 2.80 bits per heavy atom. The van der Waals surface area contributed by atoms with Gasteiger partial charge in [0, 0.05) is 5.92 Å². The topological polar surface area (TPSA) is 54.9 Å². The van der Waals surface area contributed by atoms with Crippen molar-refractivity contribution in [1.82, 2.24) is 10.2 Å². The molecule has 2 atom stereocenters. The lowest BCUT2D eigenvalue weighted by molar-refractivity contribution is -0.117.